The molecule has 0 N–H and O–H groups in total. The fourth-order valence-electron chi connectivity index (χ4n) is 6.46. The van der Waals surface area contributed by atoms with E-state index >= 15 is 0 Å². The van der Waals surface area contributed by atoms with Crippen LogP contribution in [0, 0.1) is 0 Å². The van der Waals surface area contributed by atoms with E-state index in [0.717, 1.165) is 58.7 Å². The molecule has 0 radical (unpaired) electrons. The predicted octanol–water partition coefficient (Wildman–Crippen LogP) is 8.71. The second kappa shape index (κ2) is 24.1. The van der Waals surface area contributed by atoms with Crippen molar-refractivity contribution in [3.63, 3.8) is 0 Å². The van der Waals surface area contributed by atoms with Crippen molar-refractivity contribution in [2.24, 2.45) is 0 Å². The van der Waals surface area contributed by atoms with Crippen LogP contribution in [0.5, 0.6) is 0 Å². The highest BCUT2D eigenvalue weighted by Crippen LogP contribution is 2.33. The number of hydrogen-bond donors (Lipinski definition) is 0. The van der Waals surface area contributed by atoms with Crippen LogP contribution < -0.4 is 10.4 Å². The van der Waals surface area contributed by atoms with E-state index in [1.165, 1.54) is 12.2 Å². The third-order valence-corrected chi connectivity index (χ3v) is 31.6. The van der Waals surface area contributed by atoms with Crippen LogP contribution in [0.15, 0.2) is 111 Å². The van der Waals surface area contributed by atoms with Crippen molar-refractivity contribution in [2.45, 2.75) is 87.6 Å². The SMILES string of the molecule is C=CCOCC[Si](C)(CCOC(=O)C=C)CC[Si](C)(C)O[Si](O[Si](C)(C)CC[Si](C)(CCOCC=C)CCOC(=O)C=C)(c1ccccc1)c1ccccc1. The lowest BCUT2D eigenvalue weighted by Crippen LogP contribution is -2.70. The molecule has 2 unspecified atom stereocenters. The molecule has 0 aliphatic heterocycles. The lowest BCUT2D eigenvalue weighted by molar-refractivity contribution is -0.138. The number of rotatable bonds is 30. The molecule has 0 fully saturated rings. The van der Waals surface area contributed by atoms with Gasteiger partial charge >= 0.3 is 20.5 Å². The van der Waals surface area contributed by atoms with E-state index in [9.17, 15) is 9.59 Å². The Hall–Kier alpha value is -2.74. The lowest BCUT2D eigenvalue weighted by atomic mass is 10.4. The first-order chi connectivity index (χ1) is 26.1. The van der Waals surface area contributed by atoms with Crippen LogP contribution in [-0.4, -0.2) is 92.9 Å². The van der Waals surface area contributed by atoms with Gasteiger partial charge in [-0.05, 0) is 72.8 Å². The van der Waals surface area contributed by atoms with E-state index in [1.807, 2.05) is 12.1 Å². The molecule has 0 saturated carbocycles. The van der Waals surface area contributed by atoms with Crippen LogP contribution in [0.1, 0.15) is 0 Å². The highest BCUT2D eigenvalue weighted by molar-refractivity contribution is 7.02. The zero-order valence-electron chi connectivity index (χ0n) is 34.6. The van der Waals surface area contributed by atoms with E-state index in [2.05, 4.69) is 114 Å². The average molecular weight is 841 g/mol. The molecule has 304 valence electrons. The summed E-state index contributed by atoms with van der Waals surface area (Å²) in [6.45, 7) is 31.9. The first-order valence-electron chi connectivity index (χ1n) is 19.5. The Bertz CT molecular complexity index is 1380. The van der Waals surface area contributed by atoms with Crippen LogP contribution in [0.2, 0.25) is 87.6 Å². The lowest BCUT2D eigenvalue weighted by Gasteiger charge is -2.44. The summed E-state index contributed by atoms with van der Waals surface area (Å²) in [7, 11) is -11.9. The Morgan fingerprint density at radius 1 is 0.509 bits per heavy atom. The second-order valence-corrected chi connectivity index (χ2v) is 38.5. The molecule has 2 aromatic carbocycles. The number of benzene rings is 2. The van der Waals surface area contributed by atoms with Gasteiger partial charge in [0.05, 0.1) is 42.6 Å². The van der Waals surface area contributed by atoms with Gasteiger partial charge in [0.2, 0.25) is 0 Å². The second-order valence-electron chi connectivity index (χ2n) is 16.2. The van der Waals surface area contributed by atoms with Gasteiger partial charge in [0.15, 0.2) is 16.6 Å². The smallest absolute Gasteiger partial charge is 0.386 e. The predicted molar refractivity (Wildman–Crippen MR) is 241 cm³/mol. The molecule has 2 aromatic rings. The minimum absolute atomic E-state index is 0.382. The normalized spacial score (nSPS) is 14.2. The first kappa shape index (κ1) is 48.4. The van der Waals surface area contributed by atoms with Gasteiger partial charge in [0.25, 0.3) is 0 Å². The Labute approximate surface area is 337 Å². The van der Waals surface area contributed by atoms with Crippen molar-refractivity contribution < 1.29 is 36.8 Å². The summed E-state index contributed by atoms with van der Waals surface area (Å²) in [6, 6.07) is 28.7. The van der Waals surface area contributed by atoms with Gasteiger partial charge < -0.3 is 27.2 Å². The van der Waals surface area contributed by atoms with Crippen molar-refractivity contribution >= 4 is 63.7 Å². The van der Waals surface area contributed by atoms with Crippen LogP contribution in [0.4, 0.5) is 0 Å². The Morgan fingerprint density at radius 2 is 0.855 bits per heavy atom. The number of carbonyl (C=O) groups is 2. The van der Waals surface area contributed by atoms with E-state index in [1.54, 1.807) is 12.2 Å². The van der Waals surface area contributed by atoms with Gasteiger partial charge in [-0.3, -0.25) is 0 Å². The maximum absolute atomic E-state index is 11.9. The average Bonchev–Trinajstić information content (AvgIpc) is 3.17. The number of ether oxygens (including phenoxy) is 4. The van der Waals surface area contributed by atoms with Crippen molar-refractivity contribution in [1.29, 1.82) is 0 Å². The van der Waals surface area contributed by atoms with Crippen LogP contribution in [0.25, 0.3) is 0 Å². The fourth-order valence-corrected chi connectivity index (χ4v) is 31.1. The molecule has 0 saturated heterocycles. The van der Waals surface area contributed by atoms with Crippen molar-refractivity contribution in [3.8, 4) is 0 Å². The van der Waals surface area contributed by atoms with E-state index in [0.29, 0.717) is 39.6 Å². The summed E-state index contributed by atoms with van der Waals surface area (Å²) in [5.41, 5.74) is 0. The zero-order valence-corrected chi connectivity index (χ0v) is 39.6. The number of hydrogen-bond acceptors (Lipinski definition) is 8. The Balaban J connectivity index is 2.47. The molecule has 0 aromatic heterocycles. The maximum atomic E-state index is 11.9. The number of carbonyl (C=O) groups excluding carboxylic acids is 2. The summed E-state index contributed by atoms with van der Waals surface area (Å²) < 4.78 is 38.1. The minimum atomic E-state index is -3.25. The molecule has 0 spiro atoms. The molecule has 55 heavy (non-hydrogen) atoms. The third kappa shape index (κ3) is 17.9. The van der Waals surface area contributed by atoms with Crippen LogP contribution >= 0.6 is 0 Å². The minimum Gasteiger partial charge on any atom is -0.463 e. The monoisotopic (exact) mass is 840 g/mol. The molecule has 0 bridgehead atoms. The molecule has 0 aliphatic rings. The Kier molecular flexibility index (Phi) is 21.2. The molecule has 0 aliphatic carbocycles. The molecule has 0 heterocycles. The topological polar surface area (TPSA) is 89.5 Å². The summed E-state index contributed by atoms with van der Waals surface area (Å²) in [5.74, 6) is -0.772. The fraction of sp³-hybridized carbons (Fsp3) is 0.476. The summed E-state index contributed by atoms with van der Waals surface area (Å²) >= 11 is 0. The standard InChI is InChI=1S/C42H68O8Si5/c1-11-25-45-27-31-53(9,33-29-47-41(43)13-3)37-35-51(5,6)49-55(39-21-17-15-18-22-39,40-23-19-16-20-24-40)50-52(7,8)36-38-54(10,32-28-46-26-12-2)34-30-48-42(44)14-4/h11-24H,1-4,25-38H2,5-10H3. The third-order valence-electron chi connectivity index (χ3n) is 10.2. The van der Waals surface area contributed by atoms with Crippen LogP contribution in [-0.2, 0) is 36.8 Å². The Morgan fingerprint density at radius 3 is 1.18 bits per heavy atom. The van der Waals surface area contributed by atoms with Crippen molar-refractivity contribution in [3.05, 3.63) is 111 Å². The summed E-state index contributed by atoms with van der Waals surface area (Å²) in [6.07, 6.45) is 6.00. The van der Waals surface area contributed by atoms with Crippen molar-refractivity contribution in [1.82, 2.24) is 0 Å². The van der Waals surface area contributed by atoms with Gasteiger partial charge in [-0.2, -0.15) is 0 Å². The van der Waals surface area contributed by atoms with E-state index in [4.69, 9.17) is 27.2 Å². The molecule has 0 amide bonds. The molecule has 13 heteroatoms. The zero-order chi connectivity index (χ0) is 40.9. The van der Waals surface area contributed by atoms with Crippen LogP contribution in [0.3, 0.4) is 0 Å². The van der Waals surface area contributed by atoms with Gasteiger partial charge in [-0.1, -0.05) is 111 Å². The van der Waals surface area contributed by atoms with Gasteiger partial charge in [-0.15, -0.1) is 13.2 Å². The van der Waals surface area contributed by atoms with E-state index in [-0.39, 0.29) is 11.9 Å². The van der Waals surface area contributed by atoms with Gasteiger partial charge in [-0.25, -0.2) is 9.59 Å². The molecular formula is C42H68O8Si5. The molecular weight excluding hydrogens is 773 g/mol. The van der Waals surface area contributed by atoms with Crippen molar-refractivity contribution in [2.75, 3.05) is 39.6 Å². The first-order valence-corrected chi connectivity index (χ1v) is 33.8. The molecule has 2 rings (SSSR count). The largest absolute Gasteiger partial charge is 0.463 e. The summed E-state index contributed by atoms with van der Waals surface area (Å²) in [5, 5.41) is 2.23. The molecule has 8 nitrogen and oxygen atoms in total. The summed E-state index contributed by atoms with van der Waals surface area (Å²) in [4.78, 5) is 23.8. The van der Waals surface area contributed by atoms with E-state index < -0.39 is 41.3 Å². The highest BCUT2D eigenvalue weighted by atomic mass is 28.5. The van der Waals surface area contributed by atoms with Gasteiger partial charge in [0, 0.05) is 25.4 Å². The number of esters is 2. The maximum Gasteiger partial charge on any atom is 0.386 e. The highest BCUT2D eigenvalue weighted by Gasteiger charge is 2.51. The van der Waals surface area contributed by atoms with Gasteiger partial charge in [0.1, 0.15) is 0 Å². The molecule has 2 atom stereocenters. The quantitative estimate of drug-likeness (QED) is 0.0254.